The molecule has 2 rings (SSSR count). The molecule has 0 aromatic carbocycles. The lowest BCUT2D eigenvalue weighted by atomic mass is 10.2. The third kappa shape index (κ3) is 3.01. The molecule has 1 aliphatic rings. The van der Waals surface area contributed by atoms with Crippen molar-refractivity contribution in [2.75, 3.05) is 32.6 Å². The van der Waals surface area contributed by atoms with Gasteiger partial charge < -0.3 is 15.0 Å². The number of ether oxygens (including phenoxy) is 1. The number of aromatic nitrogens is 2. The molecular weight excluding hydrogens is 232 g/mol. The average molecular weight is 252 g/mol. The van der Waals surface area contributed by atoms with Crippen molar-refractivity contribution in [3.05, 3.63) is 12.3 Å². The Morgan fingerprint density at radius 1 is 1.61 bits per heavy atom. The summed E-state index contributed by atoms with van der Waals surface area (Å²) in [6.45, 7) is 2.37. The number of aryl methyl sites for hydroxylation is 1. The van der Waals surface area contributed by atoms with E-state index in [1.54, 1.807) is 12.0 Å². The first-order valence-electron chi connectivity index (χ1n) is 6.24. The maximum absolute atomic E-state index is 11.7. The molecule has 1 aromatic heterocycles. The van der Waals surface area contributed by atoms with E-state index in [4.69, 9.17) is 4.74 Å². The first-order chi connectivity index (χ1) is 8.70. The summed E-state index contributed by atoms with van der Waals surface area (Å²) >= 11 is 0. The number of carbonyl (C=O) groups is 1. The summed E-state index contributed by atoms with van der Waals surface area (Å²) in [5.74, 6) is 0.907. The third-order valence-electron chi connectivity index (χ3n) is 3.13. The van der Waals surface area contributed by atoms with Crippen LogP contribution in [0.4, 0.5) is 5.82 Å². The highest BCUT2D eigenvalue weighted by atomic mass is 16.5. The van der Waals surface area contributed by atoms with Crippen LogP contribution < -0.4 is 5.32 Å². The van der Waals surface area contributed by atoms with Crippen molar-refractivity contribution in [3.63, 3.8) is 0 Å². The summed E-state index contributed by atoms with van der Waals surface area (Å²) in [6.07, 6.45) is 3.69. The lowest BCUT2D eigenvalue weighted by molar-refractivity contribution is -0.127. The van der Waals surface area contributed by atoms with Gasteiger partial charge in [-0.1, -0.05) is 0 Å². The summed E-state index contributed by atoms with van der Waals surface area (Å²) in [7, 11) is 3.52. The molecule has 100 valence electrons. The summed E-state index contributed by atoms with van der Waals surface area (Å²) < 4.78 is 6.86. The number of likely N-dealkylation sites (N-methyl/N-ethyl adjacent to an activating group) is 1. The molecule has 1 unspecified atom stereocenters. The van der Waals surface area contributed by atoms with E-state index < -0.39 is 0 Å². The fourth-order valence-electron chi connectivity index (χ4n) is 2.07. The molecule has 1 aliphatic heterocycles. The molecular formula is C12H20N4O2. The molecule has 2 heterocycles. The standard InChI is InChI=1S/C12H20N4O2/c1-15-7-4-10(12(15)17)13-11-5-8-16(14-11)6-3-9-18-2/h5,8,10H,3-4,6-7,9H2,1-2H3,(H,13,14). The van der Waals surface area contributed by atoms with E-state index in [1.165, 1.54) is 0 Å². The Labute approximate surface area is 107 Å². The zero-order chi connectivity index (χ0) is 13.0. The minimum Gasteiger partial charge on any atom is -0.385 e. The SMILES string of the molecule is COCCCn1ccc(NC2CCN(C)C2=O)n1. The number of hydrogen-bond donors (Lipinski definition) is 1. The van der Waals surface area contributed by atoms with Gasteiger partial charge in [0.05, 0.1) is 0 Å². The van der Waals surface area contributed by atoms with Gasteiger partial charge in [0.2, 0.25) is 5.91 Å². The Morgan fingerprint density at radius 2 is 2.44 bits per heavy atom. The number of hydrogen-bond acceptors (Lipinski definition) is 4. The second kappa shape index (κ2) is 5.86. The highest BCUT2D eigenvalue weighted by Gasteiger charge is 2.29. The topological polar surface area (TPSA) is 59.4 Å². The molecule has 1 amide bonds. The smallest absolute Gasteiger partial charge is 0.244 e. The quantitative estimate of drug-likeness (QED) is 0.752. The predicted octanol–water partition coefficient (Wildman–Crippen LogP) is 0.562. The van der Waals surface area contributed by atoms with E-state index >= 15 is 0 Å². The monoisotopic (exact) mass is 252 g/mol. The van der Waals surface area contributed by atoms with Crippen molar-refractivity contribution in [2.45, 2.75) is 25.4 Å². The van der Waals surface area contributed by atoms with Crippen molar-refractivity contribution in [3.8, 4) is 0 Å². The van der Waals surface area contributed by atoms with Crippen LogP contribution in [0.2, 0.25) is 0 Å². The van der Waals surface area contributed by atoms with Crippen molar-refractivity contribution < 1.29 is 9.53 Å². The molecule has 0 radical (unpaired) electrons. The molecule has 6 heteroatoms. The van der Waals surface area contributed by atoms with Crippen molar-refractivity contribution in [1.29, 1.82) is 0 Å². The lowest BCUT2D eigenvalue weighted by Crippen LogP contribution is -2.31. The van der Waals surface area contributed by atoms with Gasteiger partial charge in [-0.05, 0) is 12.8 Å². The average Bonchev–Trinajstić information content (AvgIpc) is 2.92. The fourth-order valence-corrected chi connectivity index (χ4v) is 2.07. The van der Waals surface area contributed by atoms with Gasteiger partial charge >= 0.3 is 0 Å². The minimum absolute atomic E-state index is 0.127. The number of methoxy groups -OCH3 is 1. The van der Waals surface area contributed by atoms with Gasteiger partial charge in [0, 0.05) is 46.1 Å². The van der Waals surface area contributed by atoms with Crippen LogP contribution in [0.1, 0.15) is 12.8 Å². The van der Waals surface area contributed by atoms with E-state index in [2.05, 4.69) is 10.4 Å². The maximum Gasteiger partial charge on any atom is 0.244 e. The number of nitrogens with one attached hydrogen (secondary N) is 1. The van der Waals surface area contributed by atoms with Crippen LogP contribution in [0.5, 0.6) is 0 Å². The maximum atomic E-state index is 11.7. The fraction of sp³-hybridized carbons (Fsp3) is 0.667. The molecule has 1 aromatic rings. The van der Waals surface area contributed by atoms with Gasteiger partial charge in [-0.15, -0.1) is 0 Å². The second-order valence-electron chi connectivity index (χ2n) is 4.56. The first-order valence-corrected chi connectivity index (χ1v) is 6.24. The first kappa shape index (κ1) is 12.9. The number of rotatable bonds is 6. The summed E-state index contributed by atoms with van der Waals surface area (Å²) in [4.78, 5) is 13.5. The van der Waals surface area contributed by atoms with E-state index in [1.807, 2.05) is 24.0 Å². The van der Waals surface area contributed by atoms with Gasteiger partial charge in [0.25, 0.3) is 0 Å². The van der Waals surface area contributed by atoms with Crippen molar-refractivity contribution in [2.24, 2.45) is 0 Å². The van der Waals surface area contributed by atoms with E-state index in [-0.39, 0.29) is 11.9 Å². The molecule has 0 saturated carbocycles. The Balaban J connectivity index is 1.85. The Hall–Kier alpha value is -1.56. The normalized spacial score (nSPS) is 19.6. The number of likely N-dealkylation sites (tertiary alicyclic amines) is 1. The van der Waals surface area contributed by atoms with Gasteiger partial charge in [-0.3, -0.25) is 9.48 Å². The van der Waals surface area contributed by atoms with E-state index in [0.717, 1.165) is 38.4 Å². The summed E-state index contributed by atoms with van der Waals surface area (Å²) in [5, 5.41) is 7.56. The van der Waals surface area contributed by atoms with Crippen LogP contribution in [0.25, 0.3) is 0 Å². The van der Waals surface area contributed by atoms with Crippen LogP contribution in [-0.2, 0) is 16.1 Å². The largest absolute Gasteiger partial charge is 0.385 e. The number of nitrogens with zero attached hydrogens (tertiary/aromatic N) is 3. The molecule has 18 heavy (non-hydrogen) atoms. The predicted molar refractivity (Wildman–Crippen MR) is 68.4 cm³/mol. The van der Waals surface area contributed by atoms with Gasteiger partial charge in [-0.25, -0.2) is 0 Å². The van der Waals surface area contributed by atoms with Crippen LogP contribution in [-0.4, -0.2) is 53.9 Å². The highest BCUT2D eigenvalue weighted by molar-refractivity contribution is 5.86. The molecule has 0 spiro atoms. The molecule has 1 atom stereocenters. The van der Waals surface area contributed by atoms with E-state index in [9.17, 15) is 4.79 Å². The third-order valence-corrected chi connectivity index (χ3v) is 3.13. The Morgan fingerprint density at radius 3 is 3.11 bits per heavy atom. The van der Waals surface area contributed by atoms with Crippen LogP contribution in [0.3, 0.4) is 0 Å². The van der Waals surface area contributed by atoms with Crippen LogP contribution in [0.15, 0.2) is 12.3 Å². The number of anilines is 1. The highest BCUT2D eigenvalue weighted by Crippen LogP contribution is 2.14. The minimum atomic E-state index is -0.127. The zero-order valence-electron chi connectivity index (χ0n) is 10.9. The second-order valence-corrected chi connectivity index (χ2v) is 4.56. The number of amides is 1. The van der Waals surface area contributed by atoms with Gasteiger partial charge in [0.1, 0.15) is 11.9 Å². The van der Waals surface area contributed by atoms with E-state index in [0.29, 0.717) is 0 Å². The molecule has 1 saturated heterocycles. The van der Waals surface area contributed by atoms with Crippen molar-refractivity contribution in [1.82, 2.24) is 14.7 Å². The summed E-state index contributed by atoms with van der Waals surface area (Å²) in [6, 6.07) is 1.77. The number of carbonyl (C=O) groups excluding carboxylic acids is 1. The molecule has 6 nitrogen and oxygen atoms in total. The van der Waals surface area contributed by atoms with Crippen LogP contribution in [0, 0.1) is 0 Å². The molecule has 1 N–H and O–H groups in total. The van der Waals surface area contributed by atoms with Gasteiger partial charge in [-0.2, -0.15) is 5.10 Å². The summed E-state index contributed by atoms with van der Waals surface area (Å²) in [5.41, 5.74) is 0. The Kier molecular flexibility index (Phi) is 4.19. The van der Waals surface area contributed by atoms with Crippen molar-refractivity contribution >= 4 is 11.7 Å². The Bertz CT molecular complexity index is 405. The zero-order valence-corrected chi connectivity index (χ0v) is 10.9. The molecule has 0 aliphatic carbocycles. The van der Waals surface area contributed by atoms with Crippen LogP contribution >= 0.6 is 0 Å². The van der Waals surface area contributed by atoms with Gasteiger partial charge in [0.15, 0.2) is 0 Å². The lowest BCUT2D eigenvalue weighted by Gasteiger charge is -2.11. The molecule has 0 bridgehead atoms. The molecule has 1 fully saturated rings.